The molecule has 0 unspecified atom stereocenters. The fraction of sp³-hybridized carbons (Fsp3) is 0.500. The summed E-state index contributed by atoms with van der Waals surface area (Å²) >= 11 is 0. The number of hydrogen-bond donors (Lipinski definition) is 0. The lowest BCUT2D eigenvalue weighted by Crippen LogP contribution is -2.17. The molecule has 1 aromatic carbocycles. The van der Waals surface area contributed by atoms with Gasteiger partial charge in [0.2, 0.25) is 0 Å². The number of anilines is 1. The van der Waals surface area contributed by atoms with Gasteiger partial charge < -0.3 is 4.90 Å². The lowest BCUT2D eigenvalue weighted by Gasteiger charge is -2.17. The normalized spacial score (nSPS) is 16.1. The molecule has 0 amide bonds. The third-order valence-corrected chi connectivity index (χ3v) is 3.42. The van der Waals surface area contributed by atoms with Crippen molar-refractivity contribution >= 4 is 5.69 Å². The molecule has 1 fully saturated rings. The standard InChI is InChI=1S/C16H21N/c1-17(16-12-6-3-7-13-16)14-8-11-15-9-4-2-5-10-15/h3,6-7,12-13,15H,2,4-5,9-10,14H2,1H3. The number of rotatable bonds is 2. The van der Waals surface area contributed by atoms with Gasteiger partial charge in [0.25, 0.3) is 0 Å². The minimum atomic E-state index is 0.660. The fourth-order valence-corrected chi connectivity index (χ4v) is 2.33. The molecular formula is C16H21N. The summed E-state index contributed by atoms with van der Waals surface area (Å²) < 4.78 is 0. The lowest BCUT2D eigenvalue weighted by atomic mass is 9.90. The van der Waals surface area contributed by atoms with E-state index in [4.69, 9.17) is 0 Å². The number of hydrogen-bond acceptors (Lipinski definition) is 1. The zero-order chi connectivity index (χ0) is 11.9. The average Bonchev–Trinajstić information content (AvgIpc) is 2.41. The highest BCUT2D eigenvalue weighted by Crippen LogP contribution is 2.22. The topological polar surface area (TPSA) is 3.24 Å². The Morgan fingerprint density at radius 2 is 1.82 bits per heavy atom. The Hall–Kier alpha value is -1.42. The Balaban J connectivity index is 1.83. The molecule has 1 aliphatic carbocycles. The van der Waals surface area contributed by atoms with Crippen LogP contribution in [0, 0.1) is 17.8 Å². The molecule has 1 saturated carbocycles. The van der Waals surface area contributed by atoms with E-state index in [2.05, 4.69) is 48.1 Å². The molecule has 90 valence electrons. The summed E-state index contributed by atoms with van der Waals surface area (Å²) in [6, 6.07) is 10.4. The summed E-state index contributed by atoms with van der Waals surface area (Å²) in [4.78, 5) is 2.20. The first-order chi connectivity index (χ1) is 8.36. The summed E-state index contributed by atoms with van der Waals surface area (Å²) in [5, 5.41) is 0. The van der Waals surface area contributed by atoms with Crippen molar-refractivity contribution in [3.05, 3.63) is 30.3 Å². The van der Waals surface area contributed by atoms with Crippen molar-refractivity contribution in [1.29, 1.82) is 0 Å². The first-order valence-electron chi connectivity index (χ1n) is 6.61. The van der Waals surface area contributed by atoms with Gasteiger partial charge in [-0.1, -0.05) is 49.3 Å². The van der Waals surface area contributed by atoms with Gasteiger partial charge in [0.15, 0.2) is 0 Å². The molecule has 0 N–H and O–H groups in total. The lowest BCUT2D eigenvalue weighted by molar-refractivity contribution is 0.430. The van der Waals surface area contributed by atoms with Crippen molar-refractivity contribution in [2.75, 3.05) is 18.5 Å². The van der Waals surface area contributed by atoms with Crippen LogP contribution in [0.2, 0.25) is 0 Å². The predicted molar refractivity (Wildman–Crippen MR) is 74.1 cm³/mol. The Labute approximate surface area is 105 Å². The molecule has 1 nitrogen and oxygen atoms in total. The summed E-state index contributed by atoms with van der Waals surface area (Å²) in [7, 11) is 2.10. The van der Waals surface area contributed by atoms with E-state index < -0.39 is 0 Å². The first-order valence-corrected chi connectivity index (χ1v) is 6.61. The maximum atomic E-state index is 3.43. The van der Waals surface area contributed by atoms with E-state index in [1.165, 1.54) is 37.8 Å². The smallest absolute Gasteiger partial charge is 0.0791 e. The zero-order valence-corrected chi connectivity index (χ0v) is 10.7. The van der Waals surface area contributed by atoms with E-state index in [1.807, 2.05) is 6.07 Å². The van der Waals surface area contributed by atoms with Crippen LogP contribution in [0.25, 0.3) is 0 Å². The molecule has 0 spiro atoms. The van der Waals surface area contributed by atoms with Crippen molar-refractivity contribution in [2.45, 2.75) is 32.1 Å². The molecule has 17 heavy (non-hydrogen) atoms. The Morgan fingerprint density at radius 1 is 1.12 bits per heavy atom. The van der Waals surface area contributed by atoms with Crippen LogP contribution in [0.3, 0.4) is 0 Å². The summed E-state index contributed by atoms with van der Waals surface area (Å²) in [5.74, 6) is 7.42. The Morgan fingerprint density at radius 3 is 2.53 bits per heavy atom. The van der Waals surface area contributed by atoms with E-state index in [0.29, 0.717) is 5.92 Å². The molecule has 0 aliphatic heterocycles. The highest BCUT2D eigenvalue weighted by molar-refractivity contribution is 5.46. The van der Waals surface area contributed by atoms with Crippen LogP contribution in [0.15, 0.2) is 30.3 Å². The van der Waals surface area contributed by atoms with Crippen molar-refractivity contribution in [3.8, 4) is 11.8 Å². The molecule has 0 saturated heterocycles. The van der Waals surface area contributed by atoms with Gasteiger partial charge in [-0.3, -0.25) is 0 Å². The van der Waals surface area contributed by atoms with Crippen molar-refractivity contribution in [3.63, 3.8) is 0 Å². The van der Waals surface area contributed by atoms with Gasteiger partial charge in [-0.05, 0) is 25.0 Å². The fourth-order valence-electron chi connectivity index (χ4n) is 2.33. The maximum Gasteiger partial charge on any atom is 0.0791 e. The van der Waals surface area contributed by atoms with Crippen molar-refractivity contribution in [2.24, 2.45) is 5.92 Å². The number of nitrogens with zero attached hydrogens (tertiary/aromatic N) is 1. The average molecular weight is 227 g/mol. The maximum absolute atomic E-state index is 3.43. The van der Waals surface area contributed by atoms with Crippen molar-refractivity contribution < 1.29 is 0 Å². The van der Waals surface area contributed by atoms with Gasteiger partial charge in [-0.25, -0.2) is 0 Å². The molecule has 0 bridgehead atoms. The number of benzene rings is 1. The van der Waals surface area contributed by atoms with E-state index >= 15 is 0 Å². The summed E-state index contributed by atoms with van der Waals surface area (Å²) in [6.45, 7) is 0.834. The van der Waals surface area contributed by atoms with Crippen LogP contribution in [-0.2, 0) is 0 Å². The van der Waals surface area contributed by atoms with Crippen LogP contribution in [0.1, 0.15) is 32.1 Å². The monoisotopic (exact) mass is 227 g/mol. The molecule has 0 atom stereocenters. The van der Waals surface area contributed by atoms with Gasteiger partial charge >= 0.3 is 0 Å². The third-order valence-electron chi connectivity index (χ3n) is 3.42. The quantitative estimate of drug-likeness (QED) is 0.696. The Kier molecular flexibility index (Phi) is 4.50. The second-order valence-electron chi connectivity index (χ2n) is 4.85. The minimum Gasteiger partial charge on any atom is -0.363 e. The third kappa shape index (κ3) is 3.82. The molecule has 0 heterocycles. The molecule has 1 aliphatic rings. The van der Waals surface area contributed by atoms with Crippen molar-refractivity contribution in [1.82, 2.24) is 0 Å². The van der Waals surface area contributed by atoms with Crippen LogP contribution >= 0.6 is 0 Å². The van der Waals surface area contributed by atoms with Crippen LogP contribution < -0.4 is 4.90 Å². The van der Waals surface area contributed by atoms with Crippen LogP contribution in [-0.4, -0.2) is 13.6 Å². The molecule has 1 heteroatoms. The van der Waals surface area contributed by atoms with Gasteiger partial charge in [-0.2, -0.15) is 0 Å². The van der Waals surface area contributed by atoms with E-state index in [1.54, 1.807) is 0 Å². The number of para-hydroxylation sites is 1. The second-order valence-corrected chi connectivity index (χ2v) is 4.85. The van der Waals surface area contributed by atoms with Gasteiger partial charge in [0, 0.05) is 18.7 Å². The van der Waals surface area contributed by atoms with Gasteiger partial charge in [-0.15, -0.1) is 0 Å². The summed E-state index contributed by atoms with van der Waals surface area (Å²) in [6.07, 6.45) is 6.76. The second kappa shape index (κ2) is 6.35. The van der Waals surface area contributed by atoms with E-state index in [0.717, 1.165) is 6.54 Å². The van der Waals surface area contributed by atoms with Crippen LogP contribution in [0.4, 0.5) is 5.69 Å². The largest absolute Gasteiger partial charge is 0.363 e. The summed E-state index contributed by atoms with van der Waals surface area (Å²) in [5.41, 5.74) is 1.24. The van der Waals surface area contributed by atoms with E-state index in [-0.39, 0.29) is 0 Å². The zero-order valence-electron chi connectivity index (χ0n) is 10.7. The molecular weight excluding hydrogens is 206 g/mol. The van der Waals surface area contributed by atoms with Gasteiger partial charge in [0.05, 0.1) is 6.54 Å². The van der Waals surface area contributed by atoms with Gasteiger partial charge in [0.1, 0.15) is 0 Å². The molecule has 0 radical (unpaired) electrons. The predicted octanol–water partition coefficient (Wildman–Crippen LogP) is 3.71. The van der Waals surface area contributed by atoms with E-state index in [9.17, 15) is 0 Å². The Bertz CT molecular complexity index is 379. The highest BCUT2D eigenvalue weighted by Gasteiger charge is 2.09. The van der Waals surface area contributed by atoms with Crippen LogP contribution in [0.5, 0.6) is 0 Å². The highest BCUT2D eigenvalue weighted by atomic mass is 15.1. The molecule has 0 aromatic heterocycles. The molecule has 2 rings (SSSR count). The minimum absolute atomic E-state index is 0.660. The first kappa shape index (κ1) is 12.0. The SMILES string of the molecule is CN(CC#CC1CCCCC1)c1ccccc1. The molecule has 1 aromatic rings.